The Balaban J connectivity index is 1.41. The molecular formula is C23H24ClN5O2. The van der Waals surface area contributed by atoms with E-state index in [1.165, 1.54) is 0 Å². The highest BCUT2D eigenvalue weighted by Crippen LogP contribution is 2.21. The van der Waals surface area contributed by atoms with Crippen molar-refractivity contribution in [3.63, 3.8) is 0 Å². The fourth-order valence-electron chi connectivity index (χ4n) is 3.66. The molecule has 0 radical (unpaired) electrons. The summed E-state index contributed by atoms with van der Waals surface area (Å²) in [6.45, 7) is 3.08. The summed E-state index contributed by atoms with van der Waals surface area (Å²) in [5.41, 5.74) is 2.07. The number of likely N-dealkylation sites (tertiary alicyclic amines) is 1. The van der Waals surface area contributed by atoms with Gasteiger partial charge in [-0.2, -0.15) is 0 Å². The molecule has 4 rings (SSSR count). The van der Waals surface area contributed by atoms with Crippen LogP contribution >= 0.6 is 11.6 Å². The van der Waals surface area contributed by atoms with E-state index in [0.717, 1.165) is 23.7 Å². The Morgan fingerprint density at radius 2 is 2.00 bits per heavy atom. The van der Waals surface area contributed by atoms with Crippen LogP contribution in [0.3, 0.4) is 0 Å². The summed E-state index contributed by atoms with van der Waals surface area (Å²) in [6, 6.07) is 12.6. The standard InChI is InChI=1S/C23H24ClN5O2/c1-2-21(30)26-18-9-6-15(7-10-18)22(31)29-11-3-4-19(14-29)27-23-25-13-16-5-8-17(24)12-20(16)28-23/h5-10,12-13,19H,2-4,11,14H2,1H3,(H,26,30)(H,25,27,28). The monoisotopic (exact) mass is 437 g/mol. The maximum absolute atomic E-state index is 13.0. The van der Waals surface area contributed by atoms with Gasteiger partial charge in [-0.05, 0) is 55.3 Å². The average molecular weight is 438 g/mol. The summed E-state index contributed by atoms with van der Waals surface area (Å²) in [5.74, 6) is 0.457. The third-order valence-electron chi connectivity index (χ3n) is 5.32. The molecule has 2 aromatic carbocycles. The van der Waals surface area contributed by atoms with Gasteiger partial charge in [0.1, 0.15) is 0 Å². The van der Waals surface area contributed by atoms with E-state index >= 15 is 0 Å². The van der Waals surface area contributed by atoms with Crippen molar-refractivity contribution in [3.05, 3.63) is 59.2 Å². The molecule has 1 fully saturated rings. The van der Waals surface area contributed by atoms with Gasteiger partial charge in [-0.25, -0.2) is 9.97 Å². The maximum Gasteiger partial charge on any atom is 0.253 e. The van der Waals surface area contributed by atoms with Gasteiger partial charge in [-0.3, -0.25) is 9.59 Å². The number of carbonyl (C=O) groups excluding carboxylic acids is 2. The summed E-state index contributed by atoms with van der Waals surface area (Å²) < 4.78 is 0. The molecule has 0 aliphatic carbocycles. The number of anilines is 2. The Bertz CT molecular complexity index is 1100. The van der Waals surface area contributed by atoms with E-state index in [9.17, 15) is 9.59 Å². The first-order valence-corrected chi connectivity index (χ1v) is 10.8. The molecule has 2 amide bonds. The molecule has 0 spiro atoms. The minimum absolute atomic E-state index is 0.0221. The van der Waals surface area contributed by atoms with Crippen molar-refractivity contribution in [2.45, 2.75) is 32.2 Å². The van der Waals surface area contributed by atoms with Crippen LogP contribution in [0.4, 0.5) is 11.6 Å². The number of rotatable bonds is 5. The Hall–Kier alpha value is -3.19. The maximum atomic E-state index is 13.0. The summed E-state index contributed by atoms with van der Waals surface area (Å²) in [4.78, 5) is 35.3. The van der Waals surface area contributed by atoms with Gasteiger partial charge >= 0.3 is 0 Å². The lowest BCUT2D eigenvalue weighted by molar-refractivity contribution is -0.115. The second kappa shape index (κ2) is 9.31. The Morgan fingerprint density at radius 3 is 2.77 bits per heavy atom. The normalized spacial score (nSPS) is 16.2. The molecule has 0 saturated carbocycles. The SMILES string of the molecule is CCC(=O)Nc1ccc(C(=O)N2CCCC(Nc3ncc4ccc(Cl)cc4n3)C2)cc1. The van der Waals surface area contributed by atoms with Crippen LogP contribution in [0, 0.1) is 0 Å². The molecule has 160 valence electrons. The zero-order valence-corrected chi connectivity index (χ0v) is 18.0. The largest absolute Gasteiger partial charge is 0.350 e. The van der Waals surface area contributed by atoms with Crippen LogP contribution in [0.25, 0.3) is 10.9 Å². The zero-order chi connectivity index (χ0) is 21.8. The quantitative estimate of drug-likeness (QED) is 0.619. The van der Waals surface area contributed by atoms with Crippen LogP contribution in [-0.2, 0) is 4.79 Å². The lowest BCUT2D eigenvalue weighted by Crippen LogP contribution is -2.45. The minimum Gasteiger partial charge on any atom is -0.350 e. The average Bonchev–Trinajstić information content (AvgIpc) is 2.79. The van der Waals surface area contributed by atoms with Crippen LogP contribution in [0.15, 0.2) is 48.7 Å². The number of nitrogens with zero attached hydrogens (tertiary/aromatic N) is 3. The molecule has 1 saturated heterocycles. The van der Waals surface area contributed by atoms with Gasteiger partial charge in [-0.1, -0.05) is 18.5 Å². The van der Waals surface area contributed by atoms with E-state index in [4.69, 9.17) is 11.6 Å². The van der Waals surface area contributed by atoms with Gasteiger partial charge in [0.2, 0.25) is 11.9 Å². The number of benzene rings is 2. The predicted octanol–water partition coefficient (Wildman–Crippen LogP) is 4.35. The number of hydrogen-bond donors (Lipinski definition) is 2. The van der Waals surface area contributed by atoms with Crippen LogP contribution in [0.2, 0.25) is 5.02 Å². The molecule has 7 nitrogen and oxygen atoms in total. The van der Waals surface area contributed by atoms with Crippen LogP contribution < -0.4 is 10.6 Å². The third kappa shape index (κ3) is 5.11. The first-order valence-electron chi connectivity index (χ1n) is 10.4. The van der Waals surface area contributed by atoms with E-state index < -0.39 is 0 Å². The number of halogens is 1. The van der Waals surface area contributed by atoms with E-state index in [2.05, 4.69) is 20.6 Å². The Labute approximate surface area is 185 Å². The van der Waals surface area contributed by atoms with Crippen molar-refractivity contribution in [3.8, 4) is 0 Å². The molecule has 0 bridgehead atoms. The number of piperidine rings is 1. The number of amides is 2. The van der Waals surface area contributed by atoms with Crippen molar-refractivity contribution in [1.29, 1.82) is 0 Å². The summed E-state index contributed by atoms with van der Waals surface area (Å²) >= 11 is 6.07. The van der Waals surface area contributed by atoms with Gasteiger partial charge in [0.25, 0.3) is 5.91 Å². The Morgan fingerprint density at radius 1 is 1.19 bits per heavy atom. The second-order valence-electron chi connectivity index (χ2n) is 7.61. The molecule has 1 unspecified atom stereocenters. The number of fused-ring (bicyclic) bond motifs is 1. The molecule has 2 heterocycles. The lowest BCUT2D eigenvalue weighted by Gasteiger charge is -2.33. The molecule has 2 N–H and O–H groups in total. The molecule has 8 heteroatoms. The smallest absolute Gasteiger partial charge is 0.253 e. The number of hydrogen-bond acceptors (Lipinski definition) is 5. The highest BCUT2D eigenvalue weighted by Gasteiger charge is 2.25. The molecule has 1 aromatic heterocycles. The van der Waals surface area contributed by atoms with Crippen LogP contribution in [-0.4, -0.2) is 45.8 Å². The summed E-state index contributed by atoms with van der Waals surface area (Å²) in [6.07, 6.45) is 4.01. The van der Waals surface area contributed by atoms with E-state index in [1.807, 2.05) is 23.1 Å². The van der Waals surface area contributed by atoms with Gasteiger partial charge in [0.15, 0.2) is 0 Å². The molecule has 1 atom stereocenters. The van der Waals surface area contributed by atoms with Gasteiger partial charge in [0.05, 0.1) is 5.52 Å². The van der Waals surface area contributed by atoms with E-state index in [1.54, 1.807) is 37.4 Å². The molecule has 1 aliphatic heterocycles. The zero-order valence-electron chi connectivity index (χ0n) is 17.3. The molecule has 31 heavy (non-hydrogen) atoms. The topological polar surface area (TPSA) is 87.2 Å². The Kier molecular flexibility index (Phi) is 6.32. The van der Waals surface area contributed by atoms with E-state index in [-0.39, 0.29) is 17.9 Å². The van der Waals surface area contributed by atoms with Crippen LogP contribution in [0.5, 0.6) is 0 Å². The fourth-order valence-corrected chi connectivity index (χ4v) is 3.82. The lowest BCUT2D eigenvalue weighted by atomic mass is 10.0. The van der Waals surface area contributed by atoms with Crippen molar-refractivity contribution >= 4 is 46.0 Å². The van der Waals surface area contributed by atoms with Crippen molar-refractivity contribution in [2.24, 2.45) is 0 Å². The first kappa shape index (κ1) is 21.1. The highest BCUT2D eigenvalue weighted by atomic mass is 35.5. The number of carbonyl (C=O) groups is 2. The minimum atomic E-state index is -0.0535. The number of aromatic nitrogens is 2. The predicted molar refractivity (Wildman–Crippen MR) is 122 cm³/mol. The summed E-state index contributed by atoms with van der Waals surface area (Å²) in [5, 5.41) is 7.71. The van der Waals surface area contributed by atoms with Crippen molar-refractivity contribution in [1.82, 2.24) is 14.9 Å². The van der Waals surface area contributed by atoms with Crippen molar-refractivity contribution < 1.29 is 9.59 Å². The van der Waals surface area contributed by atoms with Gasteiger partial charge in [-0.15, -0.1) is 0 Å². The second-order valence-corrected chi connectivity index (χ2v) is 8.05. The molecular weight excluding hydrogens is 414 g/mol. The summed E-state index contributed by atoms with van der Waals surface area (Å²) in [7, 11) is 0. The van der Waals surface area contributed by atoms with Gasteiger partial charge < -0.3 is 15.5 Å². The molecule has 1 aliphatic rings. The first-order chi connectivity index (χ1) is 15.0. The van der Waals surface area contributed by atoms with Gasteiger partial charge in [0, 0.05) is 53.4 Å². The number of nitrogens with one attached hydrogen (secondary N) is 2. The fraction of sp³-hybridized carbons (Fsp3) is 0.304. The van der Waals surface area contributed by atoms with Crippen LogP contribution in [0.1, 0.15) is 36.5 Å². The van der Waals surface area contributed by atoms with E-state index in [0.29, 0.717) is 41.7 Å². The highest BCUT2D eigenvalue weighted by molar-refractivity contribution is 6.31. The third-order valence-corrected chi connectivity index (χ3v) is 5.56. The molecule has 3 aromatic rings. The van der Waals surface area contributed by atoms with Crippen molar-refractivity contribution in [2.75, 3.05) is 23.7 Å².